The Bertz CT molecular complexity index is 1340. The number of nitrogen functional groups attached to an aromatic ring is 1. The number of piperidine rings is 2. The third kappa shape index (κ3) is 6.78. The highest BCUT2D eigenvalue weighted by Gasteiger charge is 2.35. The Morgan fingerprint density at radius 1 is 1.02 bits per heavy atom. The SMILES string of the molecule is Cc1cc(C[C@@H](NC(=O)N2CCC(N3Cc4cscc4NC3=O)CC2)C(=O)N2CCN(C3CCNCC3)CC2)cc(Cl)c1N. The molecule has 0 aliphatic carbocycles. The molecule has 238 valence electrons. The Morgan fingerprint density at radius 2 is 1.75 bits per heavy atom. The van der Waals surface area contributed by atoms with Crippen LogP contribution in [-0.4, -0.2) is 108 Å². The van der Waals surface area contributed by atoms with Gasteiger partial charge in [0.25, 0.3) is 0 Å². The van der Waals surface area contributed by atoms with Crippen LogP contribution in [0.3, 0.4) is 0 Å². The first kappa shape index (κ1) is 30.9. The molecule has 1 atom stereocenters. The maximum atomic E-state index is 14.0. The number of urea groups is 2. The van der Waals surface area contributed by atoms with E-state index in [1.165, 1.54) is 0 Å². The van der Waals surface area contributed by atoms with Crippen molar-refractivity contribution in [2.75, 3.05) is 63.4 Å². The molecule has 4 aliphatic heterocycles. The predicted octanol–water partition coefficient (Wildman–Crippen LogP) is 3.32. The highest BCUT2D eigenvalue weighted by atomic mass is 35.5. The van der Waals surface area contributed by atoms with Crippen molar-refractivity contribution in [3.05, 3.63) is 44.6 Å². The molecule has 5 N–H and O–H groups in total. The average molecular weight is 643 g/mol. The first-order valence-corrected chi connectivity index (χ1v) is 17.0. The third-order valence-electron chi connectivity index (χ3n) is 9.66. The zero-order valence-electron chi connectivity index (χ0n) is 25.3. The van der Waals surface area contributed by atoms with Gasteiger partial charge >= 0.3 is 12.1 Å². The number of likely N-dealkylation sites (tertiary alicyclic amines) is 1. The van der Waals surface area contributed by atoms with E-state index in [2.05, 4.69) is 26.2 Å². The maximum Gasteiger partial charge on any atom is 0.322 e. The fourth-order valence-electron chi connectivity index (χ4n) is 6.99. The molecule has 5 amide bonds. The molecule has 6 rings (SSSR count). The van der Waals surface area contributed by atoms with Crippen molar-refractivity contribution in [3.63, 3.8) is 0 Å². The van der Waals surface area contributed by atoms with Gasteiger partial charge in [-0.05, 0) is 68.3 Å². The maximum absolute atomic E-state index is 14.0. The number of aryl methyl sites for hydroxylation is 1. The van der Waals surface area contributed by atoms with Crippen LogP contribution in [0.1, 0.15) is 42.4 Å². The molecule has 13 heteroatoms. The van der Waals surface area contributed by atoms with Gasteiger partial charge in [-0.15, -0.1) is 11.3 Å². The number of hydrogen-bond donors (Lipinski definition) is 4. The number of carbonyl (C=O) groups is 3. The molecule has 44 heavy (non-hydrogen) atoms. The van der Waals surface area contributed by atoms with Gasteiger partial charge in [-0.3, -0.25) is 9.69 Å². The van der Waals surface area contributed by atoms with Gasteiger partial charge in [-0.2, -0.15) is 0 Å². The van der Waals surface area contributed by atoms with Crippen LogP contribution in [0.15, 0.2) is 22.9 Å². The van der Waals surface area contributed by atoms with Crippen LogP contribution in [0.4, 0.5) is 21.0 Å². The molecule has 3 saturated heterocycles. The first-order chi connectivity index (χ1) is 21.3. The lowest BCUT2D eigenvalue weighted by Crippen LogP contribution is -2.59. The number of rotatable bonds is 6. The van der Waals surface area contributed by atoms with Crippen molar-refractivity contribution in [3.8, 4) is 0 Å². The van der Waals surface area contributed by atoms with Gasteiger partial charge in [0.15, 0.2) is 0 Å². The fraction of sp³-hybridized carbons (Fsp3) is 0.581. The van der Waals surface area contributed by atoms with E-state index in [-0.39, 0.29) is 24.0 Å². The van der Waals surface area contributed by atoms with Crippen LogP contribution in [0.5, 0.6) is 0 Å². The zero-order chi connectivity index (χ0) is 30.8. The Hall–Kier alpha value is -3.06. The highest BCUT2D eigenvalue weighted by molar-refractivity contribution is 7.08. The predicted molar refractivity (Wildman–Crippen MR) is 174 cm³/mol. The minimum Gasteiger partial charge on any atom is -0.397 e. The van der Waals surface area contributed by atoms with Gasteiger partial charge in [0.05, 0.1) is 22.9 Å². The number of benzene rings is 1. The summed E-state index contributed by atoms with van der Waals surface area (Å²) in [6.07, 6.45) is 3.97. The number of nitrogens with two attached hydrogens (primary N) is 1. The van der Waals surface area contributed by atoms with Crippen LogP contribution in [0.25, 0.3) is 0 Å². The van der Waals surface area contributed by atoms with Gasteiger partial charge < -0.3 is 36.4 Å². The van der Waals surface area contributed by atoms with Crippen LogP contribution >= 0.6 is 22.9 Å². The lowest BCUT2D eigenvalue weighted by molar-refractivity contribution is -0.135. The van der Waals surface area contributed by atoms with E-state index in [1.807, 2.05) is 28.2 Å². The summed E-state index contributed by atoms with van der Waals surface area (Å²) >= 11 is 7.99. The summed E-state index contributed by atoms with van der Waals surface area (Å²) in [6.45, 7) is 8.57. The molecule has 5 heterocycles. The smallest absolute Gasteiger partial charge is 0.322 e. The highest BCUT2D eigenvalue weighted by Crippen LogP contribution is 2.30. The van der Waals surface area contributed by atoms with Crippen LogP contribution < -0.4 is 21.7 Å². The zero-order valence-corrected chi connectivity index (χ0v) is 26.9. The fourth-order valence-corrected chi connectivity index (χ4v) is 8.06. The molecule has 1 aromatic carbocycles. The van der Waals surface area contributed by atoms with Crippen molar-refractivity contribution in [1.82, 2.24) is 30.2 Å². The number of nitrogens with one attached hydrogen (secondary N) is 3. The molecule has 11 nitrogen and oxygen atoms in total. The third-order valence-corrected chi connectivity index (χ3v) is 10.8. The molecule has 0 saturated carbocycles. The van der Waals surface area contributed by atoms with Crippen LogP contribution in [0.2, 0.25) is 5.02 Å². The molecular formula is C31H43ClN8O3S. The van der Waals surface area contributed by atoms with Gasteiger partial charge in [0.2, 0.25) is 5.91 Å². The van der Waals surface area contributed by atoms with E-state index >= 15 is 0 Å². The number of thiophene rings is 1. The number of piperazine rings is 1. The quantitative estimate of drug-likeness (QED) is 0.358. The van der Waals surface area contributed by atoms with E-state index in [1.54, 1.807) is 22.3 Å². The summed E-state index contributed by atoms with van der Waals surface area (Å²) < 4.78 is 0. The number of amides is 5. The summed E-state index contributed by atoms with van der Waals surface area (Å²) in [7, 11) is 0. The number of carbonyl (C=O) groups excluding carboxylic acids is 3. The van der Waals surface area contributed by atoms with Crippen LogP contribution in [-0.2, 0) is 17.8 Å². The van der Waals surface area contributed by atoms with E-state index in [9.17, 15) is 14.4 Å². The first-order valence-electron chi connectivity index (χ1n) is 15.7. The lowest BCUT2D eigenvalue weighted by Gasteiger charge is -2.42. The molecule has 0 bridgehead atoms. The second-order valence-corrected chi connectivity index (χ2v) is 13.6. The second kappa shape index (κ2) is 13.5. The molecule has 3 fully saturated rings. The molecular weight excluding hydrogens is 600 g/mol. The van der Waals surface area contributed by atoms with E-state index in [4.69, 9.17) is 17.3 Å². The van der Waals surface area contributed by atoms with Gasteiger partial charge in [0, 0.05) is 68.7 Å². The van der Waals surface area contributed by atoms with Gasteiger partial charge in [0.1, 0.15) is 6.04 Å². The van der Waals surface area contributed by atoms with Crippen LogP contribution in [0, 0.1) is 6.92 Å². The van der Waals surface area contributed by atoms with Crippen molar-refractivity contribution >= 4 is 52.3 Å². The Balaban J connectivity index is 1.09. The summed E-state index contributed by atoms with van der Waals surface area (Å²) in [5.74, 6) is -0.0691. The molecule has 0 radical (unpaired) electrons. The molecule has 4 aliphatic rings. The van der Waals surface area contributed by atoms with Crippen molar-refractivity contribution < 1.29 is 14.4 Å². The molecule has 0 spiro atoms. The average Bonchev–Trinajstić information content (AvgIpc) is 3.50. The number of nitrogens with zero attached hydrogens (tertiary/aromatic N) is 4. The normalized spacial score (nSPS) is 21.1. The number of fused-ring (bicyclic) bond motifs is 1. The molecule has 2 aromatic rings. The second-order valence-electron chi connectivity index (χ2n) is 12.4. The Kier molecular flexibility index (Phi) is 9.51. The Labute approximate surface area is 268 Å². The monoisotopic (exact) mass is 642 g/mol. The Morgan fingerprint density at radius 3 is 2.45 bits per heavy atom. The summed E-state index contributed by atoms with van der Waals surface area (Å²) in [5, 5.41) is 14.0. The van der Waals surface area contributed by atoms with E-state index in [0.29, 0.717) is 68.7 Å². The summed E-state index contributed by atoms with van der Waals surface area (Å²) in [4.78, 5) is 48.4. The minimum atomic E-state index is -0.727. The largest absolute Gasteiger partial charge is 0.397 e. The van der Waals surface area contributed by atoms with Crippen molar-refractivity contribution in [2.24, 2.45) is 0 Å². The van der Waals surface area contributed by atoms with Crippen molar-refractivity contribution in [1.29, 1.82) is 0 Å². The van der Waals surface area contributed by atoms with E-state index in [0.717, 1.165) is 61.4 Å². The number of halogens is 1. The van der Waals surface area contributed by atoms with Crippen molar-refractivity contribution in [2.45, 2.75) is 63.7 Å². The van der Waals surface area contributed by atoms with Gasteiger partial charge in [-0.25, -0.2) is 9.59 Å². The summed E-state index contributed by atoms with van der Waals surface area (Å²) in [6, 6.07) is 3.29. The number of anilines is 2. The number of hydrogen-bond acceptors (Lipinski definition) is 7. The molecule has 1 aromatic heterocycles. The topological polar surface area (TPSA) is 126 Å². The standard InChI is InChI=1S/C31H43ClN8O3S/c1-20-14-21(15-25(32)28(20)33)16-26(29(41)38-12-10-37(11-13-38)23-2-6-34-7-3-23)35-30(42)39-8-4-24(5-9-39)40-17-22-18-44-19-27(22)36-31(40)43/h14-15,18-19,23-24,26,34H,2-13,16-17,33H2,1H3,(H,35,42)(H,36,43)/t26-/m1/s1. The lowest BCUT2D eigenvalue weighted by atomic mass is 10.0. The van der Waals surface area contributed by atoms with E-state index < -0.39 is 6.04 Å². The summed E-state index contributed by atoms with van der Waals surface area (Å²) in [5.41, 5.74) is 10.3. The molecule has 0 unspecified atom stereocenters. The van der Waals surface area contributed by atoms with Gasteiger partial charge in [-0.1, -0.05) is 17.7 Å². The minimum absolute atomic E-state index is 0.0562.